The maximum atomic E-state index is 2.53. The molecule has 4 rings (SSSR count). The van der Waals surface area contributed by atoms with Gasteiger partial charge in [0.05, 0.1) is 0 Å². The van der Waals surface area contributed by atoms with Gasteiger partial charge in [0.1, 0.15) is 0 Å². The number of hydrogen-bond donors (Lipinski definition) is 0. The van der Waals surface area contributed by atoms with E-state index in [0.717, 1.165) is 12.8 Å². The summed E-state index contributed by atoms with van der Waals surface area (Å²) in [5, 5.41) is 0. The van der Waals surface area contributed by atoms with Crippen LogP contribution in [-0.4, -0.2) is 8.80 Å². The van der Waals surface area contributed by atoms with Crippen LogP contribution in [0.25, 0.3) is 12.2 Å². The molecule has 0 aliphatic heterocycles. The van der Waals surface area contributed by atoms with E-state index in [4.69, 9.17) is 0 Å². The molecule has 0 saturated heterocycles. The van der Waals surface area contributed by atoms with Crippen molar-refractivity contribution in [2.75, 3.05) is 0 Å². The van der Waals surface area contributed by atoms with Crippen molar-refractivity contribution >= 4 is 20.9 Å². The Kier molecular flexibility index (Phi) is 4.75. The average Bonchev–Trinajstić information content (AvgIpc) is 3.21. The Labute approximate surface area is 160 Å². The molecule has 2 aliphatic carbocycles. The zero-order valence-corrected chi connectivity index (χ0v) is 17.4. The van der Waals surface area contributed by atoms with E-state index in [1.54, 1.807) is 22.3 Å². The molecule has 0 nitrogen and oxygen atoms in total. The van der Waals surface area contributed by atoms with Crippen molar-refractivity contribution in [3.63, 3.8) is 0 Å². The molecule has 0 N–H and O–H groups in total. The molecule has 133 valence electrons. The molecule has 2 unspecified atom stereocenters. The Morgan fingerprint density at radius 1 is 0.731 bits per heavy atom. The molecule has 0 aromatic heterocycles. The van der Waals surface area contributed by atoms with Gasteiger partial charge in [0.15, 0.2) is 0 Å². The number of allylic oxidation sites excluding steroid dienone is 2. The summed E-state index contributed by atoms with van der Waals surface area (Å²) in [5.74, 6) is 1.18. The molecule has 0 bridgehead atoms. The fraction of sp³-hybridized carbons (Fsp3) is 0.360. The molecule has 2 aliphatic rings. The van der Waals surface area contributed by atoms with E-state index in [1.165, 1.54) is 11.1 Å². The second-order valence-corrected chi connectivity index (χ2v) is 10.8. The van der Waals surface area contributed by atoms with Crippen LogP contribution in [0.15, 0.2) is 59.7 Å². The van der Waals surface area contributed by atoms with Gasteiger partial charge in [0, 0.05) is 20.6 Å². The van der Waals surface area contributed by atoms with E-state index in [-0.39, 0.29) is 0 Å². The van der Waals surface area contributed by atoms with E-state index in [9.17, 15) is 0 Å². The first-order valence-electron chi connectivity index (χ1n) is 10.0. The lowest BCUT2D eigenvalue weighted by Gasteiger charge is -2.36. The third kappa shape index (κ3) is 2.73. The largest absolute Gasteiger partial charge is 0.0710 e. The van der Waals surface area contributed by atoms with Gasteiger partial charge in [-0.3, -0.25) is 0 Å². The lowest BCUT2D eigenvalue weighted by Crippen LogP contribution is -2.27. The van der Waals surface area contributed by atoms with Crippen molar-refractivity contribution in [3.05, 3.63) is 81.9 Å². The van der Waals surface area contributed by atoms with Gasteiger partial charge < -0.3 is 0 Å². The monoisotopic (exact) mass is 357 g/mol. The van der Waals surface area contributed by atoms with Crippen molar-refractivity contribution in [3.8, 4) is 0 Å². The maximum Gasteiger partial charge on any atom is 0.0468 e. The first kappa shape index (κ1) is 17.5. The quantitative estimate of drug-likeness (QED) is 0.493. The molecule has 0 amide bonds. The Balaban J connectivity index is 1.85. The summed E-state index contributed by atoms with van der Waals surface area (Å²) in [4.78, 5) is 0. The predicted octanol–water partition coefficient (Wildman–Crippen LogP) is 7.29. The van der Waals surface area contributed by atoms with E-state index < -0.39 is 8.80 Å². The third-order valence-electron chi connectivity index (χ3n) is 6.34. The smallest absolute Gasteiger partial charge is 0.0468 e. The van der Waals surface area contributed by atoms with Crippen LogP contribution < -0.4 is 0 Å². The van der Waals surface area contributed by atoms with Crippen LogP contribution in [-0.2, 0) is 0 Å². The summed E-state index contributed by atoms with van der Waals surface area (Å²) in [6.45, 7) is 9.72. The molecule has 26 heavy (non-hydrogen) atoms. The van der Waals surface area contributed by atoms with Gasteiger partial charge in [-0.05, 0) is 40.6 Å². The minimum atomic E-state index is -0.489. The van der Waals surface area contributed by atoms with Crippen molar-refractivity contribution in [1.82, 2.24) is 0 Å². The Hall–Kier alpha value is -1.86. The van der Waals surface area contributed by atoms with Crippen molar-refractivity contribution < 1.29 is 0 Å². The van der Waals surface area contributed by atoms with Crippen molar-refractivity contribution in [2.45, 2.75) is 57.2 Å². The highest BCUT2D eigenvalue weighted by atomic mass is 28.3. The molecule has 0 saturated carbocycles. The molecular weight excluding hydrogens is 328 g/mol. The topological polar surface area (TPSA) is 0 Å². The van der Waals surface area contributed by atoms with Gasteiger partial charge in [-0.15, -0.1) is 0 Å². The molecule has 0 heterocycles. The van der Waals surface area contributed by atoms with Crippen LogP contribution in [0.5, 0.6) is 0 Å². The Morgan fingerprint density at radius 3 is 1.54 bits per heavy atom. The highest BCUT2D eigenvalue weighted by Gasteiger charge is 2.41. The van der Waals surface area contributed by atoms with Crippen LogP contribution >= 0.6 is 0 Å². The fourth-order valence-corrected chi connectivity index (χ4v) is 7.30. The summed E-state index contributed by atoms with van der Waals surface area (Å²) in [5.41, 5.74) is 10.0. The van der Waals surface area contributed by atoms with Crippen LogP contribution in [0.3, 0.4) is 0 Å². The molecule has 1 heteroatoms. The van der Waals surface area contributed by atoms with Crippen molar-refractivity contribution in [2.24, 2.45) is 0 Å². The predicted molar refractivity (Wildman–Crippen MR) is 116 cm³/mol. The second kappa shape index (κ2) is 7.04. The van der Waals surface area contributed by atoms with E-state index in [1.807, 2.05) is 0 Å². The minimum absolute atomic E-state index is 0.489. The summed E-state index contributed by atoms with van der Waals surface area (Å²) in [7, 11) is -0.489. The van der Waals surface area contributed by atoms with Gasteiger partial charge >= 0.3 is 0 Å². The first-order chi connectivity index (χ1) is 12.7. The summed E-state index contributed by atoms with van der Waals surface area (Å²) >= 11 is 0. The number of benzene rings is 2. The number of hydrogen-bond acceptors (Lipinski definition) is 0. The minimum Gasteiger partial charge on any atom is -0.0710 e. The van der Waals surface area contributed by atoms with Gasteiger partial charge in [-0.25, -0.2) is 0 Å². The Bertz CT molecular complexity index is 802. The molecule has 2 aromatic carbocycles. The Morgan fingerprint density at radius 2 is 1.15 bits per heavy atom. The standard InChI is InChI=1S/C25H29Si/c1-5-17-15-19-11-7-9-13-21(19)23(17)25(26(3)4)24-18(6-2)16-20-12-8-10-14-22(20)24/h7-16,23-25H,5-6H2,1-4H3. The molecule has 0 fully saturated rings. The second-order valence-electron chi connectivity index (χ2n) is 7.96. The lowest BCUT2D eigenvalue weighted by atomic mass is 9.79. The maximum absolute atomic E-state index is 2.53. The summed E-state index contributed by atoms with van der Waals surface area (Å²) < 4.78 is 0. The van der Waals surface area contributed by atoms with E-state index in [2.05, 4.69) is 87.6 Å². The highest BCUT2D eigenvalue weighted by molar-refractivity contribution is 6.58. The molecule has 2 aromatic rings. The lowest BCUT2D eigenvalue weighted by molar-refractivity contribution is 0.608. The molecular formula is C25H29Si. The van der Waals surface area contributed by atoms with Crippen LogP contribution in [0, 0.1) is 0 Å². The fourth-order valence-electron chi connectivity index (χ4n) is 5.18. The normalized spacial score (nSPS) is 22.0. The van der Waals surface area contributed by atoms with Crippen LogP contribution in [0.2, 0.25) is 18.6 Å². The number of fused-ring (bicyclic) bond motifs is 2. The first-order valence-corrected chi connectivity index (χ1v) is 12.6. The highest BCUT2D eigenvalue weighted by Crippen LogP contribution is 2.56. The number of rotatable bonds is 5. The van der Waals surface area contributed by atoms with Gasteiger partial charge in [0.2, 0.25) is 0 Å². The van der Waals surface area contributed by atoms with Gasteiger partial charge in [-0.1, -0.05) is 98.8 Å². The molecule has 0 spiro atoms. The van der Waals surface area contributed by atoms with Crippen LogP contribution in [0.1, 0.15) is 60.8 Å². The van der Waals surface area contributed by atoms with E-state index in [0.29, 0.717) is 17.4 Å². The SMILES string of the molecule is CCC1=Cc2ccccc2C1C(C1C(CC)=Cc2ccccc21)[Si](C)C. The zero-order chi connectivity index (χ0) is 18.3. The summed E-state index contributed by atoms with van der Waals surface area (Å²) in [6, 6.07) is 18.2. The van der Waals surface area contributed by atoms with Crippen molar-refractivity contribution in [1.29, 1.82) is 0 Å². The van der Waals surface area contributed by atoms with Crippen LogP contribution in [0.4, 0.5) is 0 Å². The zero-order valence-electron chi connectivity index (χ0n) is 16.4. The van der Waals surface area contributed by atoms with Gasteiger partial charge in [0.25, 0.3) is 0 Å². The summed E-state index contributed by atoms with van der Waals surface area (Å²) in [6.07, 6.45) is 7.27. The average molecular weight is 358 g/mol. The molecule has 2 atom stereocenters. The third-order valence-corrected chi connectivity index (χ3v) is 8.34. The molecule has 1 radical (unpaired) electrons. The van der Waals surface area contributed by atoms with E-state index >= 15 is 0 Å². The van der Waals surface area contributed by atoms with Gasteiger partial charge in [-0.2, -0.15) is 0 Å².